The molecule has 6 nitrogen and oxygen atoms in total. The van der Waals surface area contributed by atoms with E-state index >= 15 is 0 Å². The van der Waals surface area contributed by atoms with Crippen molar-refractivity contribution in [2.45, 2.75) is 49.4 Å². The minimum atomic E-state index is -3.98. The van der Waals surface area contributed by atoms with Gasteiger partial charge < -0.3 is 10.1 Å². The predicted molar refractivity (Wildman–Crippen MR) is 123 cm³/mol. The molecular formula is C22H30N2O4S2. The van der Waals surface area contributed by atoms with Gasteiger partial charge in [-0.2, -0.15) is 0 Å². The molecule has 0 aromatic heterocycles. The van der Waals surface area contributed by atoms with E-state index < -0.39 is 10.0 Å². The Morgan fingerprint density at radius 2 is 1.70 bits per heavy atom. The van der Waals surface area contributed by atoms with Crippen molar-refractivity contribution in [3.8, 4) is 5.75 Å². The van der Waals surface area contributed by atoms with E-state index in [9.17, 15) is 13.2 Å². The number of para-hydroxylation sites is 2. The minimum Gasteiger partial charge on any atom is -0.492 e. The van der Waals surface area contributed by atoms with Crippen molar-refractivity contribution in [1.29, 1.82) is 0 Å². The molecule has 0 fully saturated rings. The third-order valence-corrected chi connectivity index (χ3v) is 7.24. The highest BCUT2D eigenvalue weighted by Gasteiger charge is 2.29. The van der Waals surface area contributed by atoms with Crippen molar-refractivity contribution in [1.82, 2.24) is 5.32 Å². The van der Waals surface area contributed by atoms with E-state index in [1.54, 1.807) is 48.5 Å². The number of amides is 1. The van der Waals surface area contributed by atoms with Crippen LogP contribution in [0, 0.1) is 0 Å². The first-order valence-electron chi connectivity index (χ1n) is 10.0. The molecule has 0 bridgehead atoms. The van der Waals surface area contributed by atoms with Gasteiger partial charge in [-0.15, -0.1) is 11.8 Å². The predicted octanol–water partition coefficient (Wildman–Crippen LogP) is 4.31. The lowest BCUT2D eigenvalue weighted by Gasteiger charge is -2.27. The number of hydrogen-bond acceptors (Lipinski definition) is 5. The fourth-order valence-corrected chi connectivity index (χ4v) is 4.85. The Labute approximate surface area is 184 Å². The molecule has 0 unspecified atom stereocenters. The summed E-state index contributed by atoms with van der Waals surface area (Å²) < 4.78 is 33.8. The molecule has 164 valence electrons. The Morgan fingerprint density at radius 1 is 1.07 bits per heavy atom. The fourth-order valence-electron chi connectivity index (χ4n) is 3.01. The molecule has 0 saturated heterocycles. The van der Waals surface area contributed by atoms with Gasteiger partial charge in [0.05, 0.1) is 17.2 Å². The first-order valence-corrected chi connectivity index (χ1v) is 12.7. The number of ether oxygens (including phenoxy) is 1. The number of rotatable bonds is 11. The number of benzene rings is 2. The smallest absolute Gasteiger partial charge is 0.264 e. The van der Waals surface area contributed by atoms with Crippen LogP contribution in [0.5, 0.6) is 5.75 Å². The second-order valence-corrected chi connectivity index (χ2v) is 9.41. The molecule has 0 saturated carbocycles. The van der Waals surface area contributed by atoms with Crippen LogP contribution < -0.4 is 14.4 Å². The Kier molecular flexibility index (Phi) is 9.05. The summed E-state index contributed by atoms with van der Waals surface area (Å²) in [4.78, 5) is 13.8. The van der Waals surface area contributed by atoms with Gasteiger partial charge in [0.15, 0.2) is 0 Å². The number of hydrogen-bond donors (Lipinski definition) is 1. The maximum atomic E-state index is 13.5. The molecule has 0 radical (unpaired) electrons. The summed E-state index contributed by atoms with van der Waals surface area (Å²) in [5.41, 5.74) is 0.341. The van der Waals surface area contributed by atoms with Crippen LogP contribution in [0.25, 0.3) is 0 Å². The maximum Gasteiger partial charge on any atom is 0.264 e. The largest absolute Gasteiger partial charge is 0.492 e. The van der Waals surface area contributed by atoms with E-state index in [0.717, 1.165) is 22.0 Å². The Morgan fingerprint density at radius 3 is 2.27 bits per heavy atom. The Balaban J connectivity index is 2.48. The number of sulfonamides is 1. The zero-order valence-corrected chi connectivity index (χ0v) is 19.6. The number of nitrogens with one attached hydrogen (secondary N) is 1. The zero-order chi connectivity index (χ0) is 22.1. The van der Waals surface area contributed by atoms with Gasteiger partial charge in [0.25, 0.3) is 10.0 Å². The molecule has 8 heteroatoms. The summed E-state index contributed by atoms with van der Waals surface area (Å²) in [5.74, 6) is 0.0685. The van der Waals surface area contributed by atoms with Crippen molar-refractivity contribution in [3.63, 3.8) is 0 Å². The van der Waals surface area contributed by atoms with Crippen molar-refractivity contribution in [3.05, 3.63) is 48.5 Å². The van der Waals surface area contributed by atoms with Crippen LogP contribution in [0.15, 0.2) is 58.3 Å². The van der Waals surface area contributed by atoms with Gasteiger partial charge in [-0.1, -0.05) is 26.0 Å². The van der Waals surface area contributed by atoms with E-state index in [1.807, 2.05) is 27.0 Å². The lowest BCUT2D eigenvalue weighted by molar-refractivity contribution is -0.120. The highest BCUT2D eigenvalue weighted by atomic mass is 32.2. The van der Waals surface area contributed by atoms with E-state index in [1.165, 1.54) is 11.8 Å². The number of nitrogens with zero attached hydrogens (tertiary/aromatic N) is 1. The monoisotopic (exact) mass is 450 g/mol. The van der Waals surface area contributed by atoms with Gasteiger partial charge in [-0.25, -0.2) is 8.42 Å². The summed E-state index contributed by atoms with van der Waals surface area (Å²) in [6, 6.07) is 13.5. The minimum absolute atomic E-state index is 0.00468. The SMILES string of the molecule is CCOc1ccccc1N(CC(=O)NC(CC)CC)S(=O)(=O)c1ccc(SC)cc1. The van der Waals surface area contributed by atoms with Crippen LogP contribution >= 0.6 is 11.8 Å². The van der Waals surface area contributed by atoms with E-state index in [0.29, 0.717) is 18.0 Å². The van der Waals surface area contributed by atoms with Crippen molar-refractivity contribution >= 4 is 33.4 Å². The summed E-state index contributed by atoms with van der Waals surface area (Å²) in [7, 11) is -3.98. The first-order chi connectivity index (χ1) is 14.4. The molecule has 2 aromatic carbocycles. The third kappa shape index (κ3) is 5.92. The molecule has 30 heavy (non-hydrogen) atoms. The first kappa shape index (κ1) is 24.1. The molecule has 0 heterocycles. The molecule has 1 N–H and O–H groups in total. The molecule has 2 aromatic rings. The highest BCUT2D eigenvalue weighted by molar-refractivity contribution is 7.98. The van der Waals surface area contributed by atoms with E-state index in [4.69, 9.17) is 4.74 Å². The van der Waals surface area contributed by atoms with Crippen LogP contribution in [0.3, 0.4) is 0 Å². The lowest BCUT2D eigenvalue weighted by atomic mass is 10.2. The normalized spacial score (nSPS) is 11.4. The summed E-state index contributed by atoms with van der Waals surface area (Å²) in [6.45, 7) is 5.86. The van der Waals surface area contributed by atoms with Gasteiger partial charge in [-0.05, 0) is 62.4 Å². The summed E-state index contributed by atoms with van der Waals surface area (Å²) in [6.07, 6.45) is 3.48. The van der Waals surface area contributed by atoms with E-state index in [-0.39, 0.29) is 23.4 Å². The van der Waals surface area contributed by atoms with Gasteiger partial charge in [0.2, 0.25) is 5.91 Å². The molecule has 1 amide bonds. The van der Waals surface area contributed by atoms with Gasteiger partial charge in [0.1, 0.15) is 12.3 Å². The molecule has 0 aliphatic carbocycles. The number of thioether (sulfide) groups is 1. The van der Waals surface area contributed by atoms with Gasteiger partial charge in [0, 0.05) is 10.9 Å². The van der Waals surface area contributed by atoms with Crippen LogP contribution in [0.2, 0.25) is 0 Å². The van der Waals surface area contributed by atoms with Crippen LogP contribution in [-0.2, 0) is 14.8 Å². The number of carbonyl (C=O) groups is 1. The molecular weight excluding hydrogens is 420 g/mol. The average Bonchev–Trinajstić information content (AvgIpc) is 2.76. The zero-order valence-electron chi connectivity index (χ0n) is 17.9. The molecule has 0 atom stereocenters. The highest BCUT2D eigenvalue weighted by Crippen LogP contribution is 2.32. The quantitative estimate of drug-likeness (QED) is 0.517. The number of carbonyl (C=O) groups excluding carboxylic acids is 1. The molecule has 0 spiro atoms. The second kappa shape index (κ2) is 11.3. The lowest BCUT2D eigenvalue weighted by Crippen LogP contribution is -2.44. The van der Waals surface area contributed by atoms with Crippen LogP contribution in [-0.4, -0.2) is 39.8 Å². The van der Waals surface area contributed by atoms with Crippen molar-refractivity contribution in [2.75, 3.05) is 23.7 Å². The standard InChI is InChI=1S/C22H30N2O4S2/c1-5-17(6-2)23-22(25)16-24(20-10-8-9-11-21(20)28-7-3)30(26,27)19-14-12-18(29-4)13-15-19/h8-15,17H,5-7,16H2,1-4H3,(H,23,25). The average molecular weight is 451 g/mol. The molecule has 2 rings (SSSR count). The Bertz CT molecular complexity index is 926. The molecule has 0 aliphatic rings. The summed E-state index contributed by atoms with van der Waals surface area (Å²) in [5, 5.41) is 2.92. The second-order valence-electron chi connectivity index (χ2n) is 6.67. The summed E-state index contributed by atoms with van der Waals surface area (Å²) >= 11 is 1.53. The number of anilines is 1. The van der Waals surface area contributed by atoms with Gasteiger partial charge >= 0.3 is 0 Å². The van der Waals surface area contributed by atoms with Crippen LogP contribution in [0.4, 0.5) is 5.69 Å². The van der Waals surface area contributed by atoms with Crippen molar-refractivity contribution in [2.24, 2.45) is 0 Å². The maximum absolute atomic E-state index is 13.5. The third-order valence-electron chi connectivity index (χ3n) is 4.72. The van der Waals surface area contributed by atoms with Crippen LogP contribution in [0.1, 0.15) is 33.6 Å². The topological polar surface area (TPSA) is 75.7 Å². The fraction of sp³-hybridized carbons (Fsp3) is 0.409. The van der Waals surface area contributed by atoms with Gasteiger partial charge in [-0.3, -0.25) is 9.10 Å². The Hall–Kier alpha value is -2.19. The molecule has 0 aliphatic heterocycles. The van der Waals surface area contributed by atoms with Crippen molar-refractivity contribution < 1.29 is 17.9 Å². The van der Waals surface area contributed by atoms with E-state index in [2.05, 4.69) is 5.32 Å².